The first kappa shape index (κ1) is 5.72. The summed E-state index contributed by atoms with van der Waals surface area (Å²) in [5.41, 5.74) is 0. The van der Waals surface area contributed by atoms with Crippen molar-refractivity contribution in [2.45, 2.75) is 44.7 Å². The normalized spacial score (nSPS) is 49.7. The highest BCUT2D eigenvalue weighted by molar-refractivity contribution is 4.91. The molecule has 9 heavy (non-hydrogen) atoms. The van der Waals surface area contributed by atoms with Crippen LogP contribution in [0.15, 0.2) is 0 Å². The Labute approximate surface area is 56.8 Å². The maximum absolute atomic E-state index is 3.64. The first-order chi connectivity index (χ1) is 4.36. The molecule has 3 unspecified atom stereocenters. The summed E-state index contributed by atoms with van der Waals surface area (Å²) in [7, 11) is 0. The second kappa shape index (κ2) is 1.98. The Morgan fingerprint density at radius 2 is 1.89 bits per heavy atom. The van der Waals surface area contributed by atoms with Crippen molar-refractivity contribution in [3.63, 3.8) is 0 Å². The molecule has 52 valence electrons. The van der Waals surface area contributed by atoms with E-state index < -0.39 is 0 Å². The van der Waals surface area contributed by atoms with Crippen LogP contribution in [0.5, 0.6) is 0 Å². The van der Waals surface area contributed by atoms with Gasteiger partial charge in [0.05, 0.1) is 0 Å². The summed E-state index contributed by atoms with van der Waals surface area (Å²) in [5.74, 6) is 0.948. The van der Waals surface area contributed by atoms with E-state index in [2.05, 4.69) is 12.2 Å². The van der Waals surface area contributed by atoms with Crippen molar-refractivity contribution >= 4 is 0 Å². The molecule has 0 aromatic carbocycles. The molecule has 2 aliphatic heterocycles. The van der Waals surface area contributed by atoms with Crippen LogP contribution in [0.3, 0.4) is 0 Å². The number of piperidine rings is 1. The van der Waals surface area contributed by atoms with Gasteiger partial charge in [-0.3, -0.25) is 0 Å². The number of nitrogens with one attached hydrogen (secondary N) is 1. The summed E-state index contributed by atoms with van der Waals surface area (Å²) >= 11 is 0. The summed E-state index contributed by atoms with van der Waals surface area (Å²) < 4.78 is 0. The van der Waals surface area contributed by atoms with Crippen LogP contribution in [0.4, 0.5) is 0 Å². The van der Waals surface area contributed by atoms with Crippen molar-refractivity contribution in [2.24, 2.45) is 5.92 Å². The van der Waals surface area contributed by atoms with Crippen molar-refractivity contribution < 1.29 is 0 Å². The Bertz CT molecular complexity index is 111. The number of hydrogen-bond acceptors (Lipinski definition) is 1. The summed E-state index contributed by atoms with van der Waals surface area (Å²) in [6, 6.07) is 1.77. The predicted octanol–water partition coefficient (Wildman–Crippen LogP) is 1.54. The van der Waals surface area contributed by atoms with Crippen LogP contribution in [0.1, 0.15) is 32.6 Å². The van der Waals surface area contributed by atoms with Gasteiger partial charge in [-0.05, 0) is 31.6 Å². The van der Waals surface area contributed by atoms with Crippen molar-refractivity contribution in [1.82, 2.24) is 5.32 Å². The average molecular weight is 125 g/mol. The molecule has 2 saturated heterocycles. The molecule has 2 aliphatic rings. The molecule has 2 heterocycles. The van der Waals surface area contributed by atoms with E-state index >= 15 is 0 Å². The number of fused-ring (bicyclic) bond motifs is 2. The highest BCUT2D eigenvalue weighted by Gasteiger charge is 2.32. The molecule has 2 fully saturated rings. The zero-order valence-corrected chi connectivity index (χ0v) is 6.06. The SMILES string of the molecule is CC1CCC2CCC1N2. The Morgan fingerprint density at radius 1 is 1.11 bits per heavy atom. The smallest absolute Gasteiger partial charge is 0.00958 e. The van der Waals surface area contributed by atoms with Crippen LogP contribution >= 0.6 is 0 Å². The molecule has 1 nitrogen and oxygen atoms in total. The molecule has 0 spiro atoms. The van der Waals surface area contributed by atoms with Crippen LogP contribution < -0.4 is 5.32 Å². The van der Waals surface area contributed by atoms with Crippen molar-refractivity contribution in [3.8, 4) is 0 Å². The summed E-state index contributed by atoms with van der Waals surface area (Å²) in [5, 5.41) is 3.64. The van der Waals surface area contributed by atoms with Crippen LogP contribution in [0.2, 0.25) is 0 Å². The van der Waals surface area contributed by atoms with Crippen LogP contribution in [0, 0.1) is 5.92 Å². The van der Waals surface area contributed by atoms with E-state index in [4.69, 9.17) is 0 Å². The van der Waals surface area contributed by atoms with Gasteiger partial charge in [0.25, 0.3) is 0 Å². The molecule has 0 saturated carbocycles. The van der Waals surface area contributed by atoms with Gasteiger partial charge < -0.3 is 5.32 Å². The van der Waals surface area contributed by atoms with Gasteiger partial charge in [0.2, 0.25) is 0 Å². The molecule has 1 heteroatoms. The molecule has 0 radical (unpaired) electrons. The van der Waals surface area contributed by atoms with E-state index in [9.17, 15) is 0 Å². The molecule has 3 atom stereocenters. The third-order valence-electron chi connectivity index (χ3n) is 2.93. The lowest BCUT2D eigenvalue weighted by Crippen LogP contribution is -2.38. The molecule has 0 amide bonds. The second-order valence-electron chi connectivity index (χ2n) is 3.60. The van der Waals surface area contributed by atoms with Gasteiger partial charge >= 0.3 is 0 Å². The topological polar surface area (TPSA) is 12.0 Å². The maximum Gasteiger partial charge on any atom is 0.00958 e. The monoisotopic (exact) mass is 125 g/mol. The number of hydrogen-bond donors (Lipinski definition) is 1. The quantitative estimate of drug-likeness (QED) is 0.518. The van der Waals surface area contributed by atoms with Gasteiger partial charge in [-0.2, -0.15) is 0 Å². The molecule has 2 bridgehead atoms. The Balaban J connectivity index is 2.05. The van der Waals surface area contributed by atoms with E-state index in [0.717, 1.165) is 18.0 Å². The minimum absolute atomic E-state index is 0.878. The summed E-state index contributed by atoms with van der Waals surface area (Å²) in [6.07, 6.45) is 5.76. The van der Waals surface area contributed by atoms with Crippen molar-refractivity contribution in [1.29, 1.82) is 0 Å². The molecular formula is C8H15N. The maximum atomic E-state index is 3.64. The van der Waals surface area contributed by atoms with Crippen LogP contribution in [0.25, 0.3) is 0 Å². The standard InChI is InChI=1S/C8H15N/c1-6-2-3-7-4-5-8(6)9-7/h6-9H,2-5H2,1H3. The number of rotatable bonds is 0. The van der Waals surface area contributed by atoms with E-state index in [1.54, 1.807) is 0 Å². The molecule has 0 aliphatic carbocycles. The second-order valence-corrected chi connectivity index (χ2v) is 3.60. The van der Waals surface area contributed by atoms with Gasteiger partial charge in [0.1, 0.15) is 0 Å². The zero-order valence-electron chi connectivity index (χ0n) is 6.06. The minimum atomic E-state index is 0.878. The molecule has 1 N–H and O–H groups in total. The van der Waals surface area contributed by atoms with Crippen LogP contribution in [-0.2, 0) is 0 Å². The lowest BCUT2D eigenvalue weighted by molar-refractivity contribution is 0.311. The van der Waals surface area contributed by atoms with Crippen molar-refractivity contribution in [3.05, 3.63) is 0 Å². The average Bonchev–Trinajstić information content (AvgIpc) is 2.25. The lowest BCUT2D eigenvalue weighted by Gasteiger charge is -2.26. The fraction of sp³-hybridized carbons (Fsp3) is 1.00. The highest BCUT2D eigenvalue weighted by atomic mass is 15.0. The third-order valence-corrected chi connectivity index (χ3v) is 2.93. The first-order valence-electron chi connectivity index (χ1n) is 4.12. The van der Waals surface area contributed by atoms with Crippen molar-refractivity contribution in [2.75, 3.05) is 0 Å². The van der Waals surface area contributed by atoms with E-state index in [1.807, 2.05) is 0 Å². The van der Waals surface area contributed by atoms with Crippen LogP contribution in [-0.4, -0.2) is 12.1 Å². The largest absolute Gasteiger partial charge is 0.311 e. The minimum Gasteiger partial charge on any atom is -0.311 e. The van der Waals surface area contributed by atoms with Gasteiger partial charge in [-0.1, -0.05) is 6.92 Å². The summed E-state index contributed by atoms with van der Waals surface area (Å²) in [4.78, 5) is 0. The molecular weight excluding hydrogens is 110 g/mol. The van der Waals surface area contributed by atoms with E-state index in [0.29, 0.717) is 0 Å². The van der Waals surface area contributed by atoms with Gasteiger partial charge in [-0.15, -0.1) is 0 Å². The molecule has 0 aromatic heterocycles. The highest BCUT2D eigenvalue weighted by Crippen LogP contribution is 2.30. The Morgan fingerprint density at radius 3 is 2.67 bits per heavy atom. The van der Waals surface area contributed by atoms with Gasteiger partial charge in [-0.25, -0.2) is 0 Å². The Kier molecular flexibility index (Phi) is 1.26. The van der Waals surface area contributed by atoms with Gasteiger partial charge in [0.15, 0.2) is 0 Å². The molecule has 2 rings (SSSR count). The molecule has 0 aromatic rings. The summed E-state index contributed by atoms with van der Waals surface area (Å²) in [6.45, 7) is 2.37. The predicted molar refractivity (Wildman–Crippen MR) is 38.3 cm³/mol. The Hall–Kier alpha value is -0.0400. The fourth-order valence-electron chi connectivity index (χ4n) is 2.19. The van der Waals surface area contributed by atoms with Gasteiger partial charge in [0, 0.05) is 12.1 Å². The van der Waals surface area contributed by atoms with E-state index in [1.165, 1.54) is 25.7 Å². The fourth-order valence-corrected chi connectivity index (χ4v) is 2.19. The zero-order chi connectivity index (χ0) is 6.27. The first-order valence-corrected chi connectivity index (χ1v) is 4.12. The van der Waals surface area contributed by atoms with E-state index in [-0.39, 0.29) is 0 Å². The third kappa shape index (κ3) is 0.877. The lowest BCUT2D eigenvalue weighted by atomic mass is 9.94.